The Morgan fingerprint density at radius 1 is 1.67 bits per heavy atom. The topological polar surface area (TPSA) is 78.6 Å². The molecular weight excluding hydrogens is 162 g/mol. The van der Waals surface area contributed by atoms with Crippen LogP contribution in [0.5, 0.6) is 0 Å². The van der Waals surface area contributed by atoms with Gasteiger partial charge in [0.2, 0.25) is 6.29 Å². The standard InChI is InChI=1S/C7H10NO4/c1-5(11-4-9)12-6(10)7(8)2-3-7/h5H,2-3,8H2,1H3. The van der Waals surface area contributed by atoms with E-state index in [1.54, 1.807) is 0 Å². The van der Waals surface area contributed by atoms with Crippen molar-refractivity contribution >= 4 is 12.4 Å². The third kappa shape index (κ3) is 1.94. The lowest BCUT2D eigenvalue weighted by Gasteiger charge is -2.13. The quantitative estimate of drug-likeness (QED) is 0.454. The molecule has 1 fully saturated rings. The molecule has 5 heteroatoms. The van der Waals surface area contributed by atoms with Crippen LogP contribution in [0.1, 0.15) is 19.8 Å². The summed E-state index contributed by atoms with van der Waals surface area (Å²) in [5.74, 6) is -0.523. The van der Waals surface area contributed by atoms with Crippen molar-refractivity contribution in [2.75, 3.05) is 0 Å². The molecule has 0 aromatic heterocycles. The van der Waals surface area contributed by atoms with Gasteiger partial charge in [-0.2, -0.15) is 0 Å². The van der Waals surface area contributed by atoms with Gasteiger partial charge in [0.15, 0.2) is 0 Å². The Hall–Kier alpha value is -1.10. The third-order valence-electron chi connectivity index (χ3n) is 1.68. The van der Waals surface area contributed by atoms with Crippen molar-refractivity contribution in [2.24, 2.45) is 5.73 Å². The van der Waals surface area contributed by atoms with E-state index in [1.165, 1.54) is 13.4 Å². The average molecular weight is 172 g/mol. The van der Waals surface area contributed by atoms with Crippen molar-refractivity contribution in [2.45, 2.75) is 31.6 Å². The summed E-state index contributed by atoms with van der Waals surface area (Å²) < 4.78 is 8.90. The fourth-order valence-corrected chi connectivity index (χ4v) is 0.699. The monoisotopic (exact) mass is 172 g/mol. The van der Waals surface area contributed by atoms with E-state index in [0.29, 0.717) is 12.8 Å². The van der Waals surface area contributed by atoms with E-state index in [4.69, 9.17) is 5.73 Å². The maximum atomic E-state index is 11.1. The Morgan fingerprint density at radius 2 is 2.25 bits per heavy atom. The second-order valence-electron chi connectivity index (χ2n) is 2.83. The molecule has 0 amide bonds. The van der Waals surface area contributed by atoms with Gasteiger partial charge in [-0.25, -0.2) is 9.59 Å². The van der Waals surface area contributed by atoms with Gasteiger partial charge >= 0.3 is 12.4 Å². The molecule has 0 aromatic rings. The number of nitrogens with two attached hydrogens (primary N) is 1. The molecule has 1 saturated carbocycles. The molecule has 0 heterocycles. The Bertz CT molecular complexity index is 200. The predicted molar refractivity (Wildman–Crippen MR) is 38.5 cm³/mol. The van der Waals surface area contributed by atoms with Crippen molar-refractivity contribution in [3.8, 4) is 0 Å². The Labute approximate surface area is 69.8 Å². The van der Waals surface area contributed by atoms with E-state index in [-0.39, 0.29) is 0 Å². The molecule has 0 saturated heterocycles. The molecule has 1 radical (unpaired) electrons. The number of carbonyl (C=O) groups is 1. The second kappa shape index (κ2) is 3.10. The molecule has 5 nitrogen and oxygen atoms in total. The van der Waals surface area contributed by atoms with E-state index in [1.807, 2.05) is 0 Å². The Morgan fingerprint density at radius 3 is 2.67 bits per heavy atom. The molecular formula is C7H10NO4. The summed E-state index contributed by atoms with van der Waals surface area (Å²) in [7, 11) is 0. The molecule has 0 aromatic carbocycles. The SMILES string of the molecule is CC(O[C]=O)OC(=O)C1(N)CC1. The molecule has 0 bridgehead atoms. The van der Waals surface area contributed by atoms with Crippen LogP contribution in [0.3, 0.4) is 0 Å². The summed E-state index contributed by atoms with van der Waals surface area (Å²) in [6, 6.07) is 0. The van der Waals surface area contributed by atoms with E-state index in [2.05, 4.69) is 9.47 Å². The van der Waals surface area contributed by atoms with E-state index in [9.17, 15) is 9.59 Å². The zero-order valence-corrected chi connectivity index (χ0v) is 6.70. The largest absolute Gasteiger partial charge is 0.424 e. The van der Waals surface area contributed by atoms with Gasteiger partial charge in [-0.05, 0) is 12.8 Å². The maximum absolute atomic E-state index is 11.1. The predicted octanol–water partition coefficient (Wildman–Crippen LogP) is -0.549. The van der Waals surface area contributed by atoms with Gasteiger partial charge in [0.1, 0.15) is 5.54 Å². The summed E-state index contributed by atoms with van der Waals surface area (Å²) >= 11 is 0. The zero-order valence-electron chi connectivity index (χ0n) is 6.70. The number of ether oxygens (including phenoxy) is 2. The minimum atomic E-state index is -0.906. The van der Waals surface area contributed by atoms with E-state index < -0.39 is 17.8 Å². The van der Waals surface area contributed by atoms with Crippen LogP contribution in [0.2, 0.25) is 0 Å². The maximum Gasteiger partial charge on any atom is 0.420 e. The van der Waals surface area contributed by atoms with Crippen LogP contribution in [0.15, 0.2) is 0 Å². The summed E-state index contributed by atoms with van der Waals surface area (Å²) in [4.78, 5) is 20.7. The van der Waals surface area contributed by atoms with Crippen molar-refractivity contribution in [3.05, 3.63) is 0 Å². The fraction of sp³-hybridized carbons (Fsp3) is 0.714. The van der Waals surface area contributed by atoms with Gasteiger partial charge in [-0.1, -0.05) is 0 Å². The lowest BCUT2D eigenvalue weighted by Crippen LogP contribution is -2.37. The molecule has 1 aliphatic carbocycles. The van der Waals surface area contributed by atoms with Crippen LogP contribution in [-0.2, 0) is 19.1 Å². The normalized spacial score (nSPS) is 20.8. The first-order valence-corrected chi connectivity index (χ1v) is 3.61. The van der Waals surface area contributed by atoms with Crippen LogP contribution in [0.25, 0.3) is 0 Å². The van der Waals surface area contributed by atoms with Gasteiger partial charge < -0.3 is 15.2 Å². The first kappa shape index (κ1) is 8.99. The lowest BCUT2D eigenvalue weighted by molar-refractivity contribution is -0.165. The van der Waals surface area contributed by atoms with Gasteiger partial charge in [0.25, 0.3) is 0 Å². The van der Waals surface area contributed by atoms with Gasteiger partial charge in [0.05, 0.1) is 0 Å². The third-order valence-corrected chi connectivity index (χ3v) is 1.68. The van der Waals surface area contributed by atoms with Gasteiger partial charge in [-0.3, -0.25) is 0 Å². The molecule has 12 heavy (non-hydrogen) atoms. The van der Waals surface area contributed by atoms with Crippen molar-refractivity contribution in [1.82, 2.24) is 0 Å². The molecule has 0 spiro atoms. The molecule has 1 atom stereocenters. The lowest BCUT2D eigenvalue weighted by atomic mass is 10.3. The second-order valence-corrected chi connectivity index (χ2v) is 2.83. The van der Waals surface area contributed by atoms with Crippen molar-refractivity contribution in [1.29, 1.82) is 0 Å². The zero-order chi connectivity index (χ0) is 9.19. The van der Waals surface area contributed by atoms with Crippen molar-refractivity contribution in [3.63, 3.8) is 0 Å². The highest BCUT2D eigenvalue weighted by molar-refractivity contribution is 5.83. The number of hydrogen-bond acceptors (Lipinski definition) is 5. The van der Waals surface area contributed by atoms with Crippen LogP contribution in [0.4, 0.5) is 0 Å². The first-order chi connectivity index (χ1) is 5.58. The molecule has 1 aliphatic rings. The fourth-order valence-electron chi connectivity index (χ4n) is 0.699. The average Bonchev–Trinajstić information content (AvgIpc) is 2.69. The number of carbonyl (C=O) groups excluding carboxylic acids is 2. The van der Waals surface area contributed by atoms with Crippen LogP contribution < -0.4 is 5.73 Å². The highest BCUT2D eigenvalue weighted by Crippen LogP contribution is 2.33. The van der Waals surface area contributed by atoms with Crippen LogP contribution in [-0.4, -0.2) is 24.3 Å². The summed E-state index contributed by atoms with van der Waals surface area (Å²) in [5.41, 5.74) is 4.67. The van der Waals surface area contributed by atoms with Gasteiger partial charge in [-0.15, -0.1) is 0 Å². The number of esters is 1. The molecule has 67 valence electrons. The minimum absolute atomic E-state index is 0.523. The summed E-state index contributed by atoms with van der Waals surface area (Å²) in [6.45, 7) is 2.60. The summed E-state index contributed by atoms with van der Waals surface area (Å²) in [5, 5.41) is 0. The summed E-state index contributed by atoms with van der Waals surface area (Å²) in [6.07, 6.45) is 0.350. The molecule has 1 rings (SSSR count). The van der Waals surface area contributed by atoms with E-state index >= 15 is 0 Å². The molecule has 1 unspecified atom stereocenters. The van der Waals surface area contributed by atoms with Gasteiger partial charge in [0, 0.05) is 6.92 Å². The smallest absolute Gasteiger partial charge is 0.420 e. The van der Waals surface area contributed by atoms with Crippen LogP contribution in [0, 0.1) is 0 Å². The highest BCUT2D eigenvalue weighted by atomic mass is 16.7. The van der Waals surface area contributed by atoms with Crippen LogP contribution >= 0.6 is 0 Å². The minimum Gasteiger partial charge on any atom is -0.424 e. The highest BCUT2D eigenvalue weighted by Gasteiger charge is 2.48. The molecule has 0 aliphatic heterocycles. The molecule has 2 N–H and O–H groups in total. The number of rotatable bonds is 4. The Balaban J connectivity index is 2.30. The Kier molecular flexibility index (Phi) is 2.32. The van der Waals surface area contributed by atoms with Crippen molar-refractivity contribution < 1.29 is 19.1 Å². The number of hydrogen-bond donors (Lipinski definition) is 1. The van der Waals surface area contributed by atoms with E-state index in [0.717, 1.165) is 0 Å². The first-order valence-electron chi connectivity index (χ1n) is 3.61.